The molecular weight excluding hydrogens is 473 g/mol. The third-order valence-electron chi connectivity index (χ3n) is 4.70. The van der Waals surface area contributed by atoms with Gasteiger partial charge < -0.3 is 10.4 Å². The smallest absolute Gasteiger partial charge is 0.287 e. The van der Waals surface area contributed by atoms with Gasteiger partial charge in [-0.1, -0.05) is 29.3 Å². The van der Waals surface area contributed by atoms with Crippen LogP contribution in [0.3, 0.4) is 0 Å². The van der Waals surface area contributed by atoms with E-state index in [1.54, 1.807) is 42.8 Å². The Balaban J connectivity index is 1.89. The quantitative estimate of drug-likeness (QED) is 0.242. The molecule has 4 aromatic rings. The molecule has 2 heterocycles. The van der Waals surface area contributed by atoms with Gasteiger partial charge in [0.05, 0.1) is 31.7 Å². The molecule has 0 saturated heterocycles. The highest BCUT2D eigenvalue weighted by Crippen LogP contribution is 2.38. The van der Waals surface area contributed by atoms with Crippen molar-refractivity contribution < 1.29 is 10.0 Å². The van der Waals surface area contributed by atoms with E-state index >= 15 is 0 Å². The predicted octanol–water partition coefficient (Wildman–Crippen LogP) is 6.54. The van der Waals surface area contributed by atoms with Gasteiger partial charge in [-0.25, -0.2) is 9.97 Å². The van der Waals surface area contributed by atoms with E-state index in [0.717, 1.165) is 10.6 Å². The number of fused-ring (bicyclic) bond motifs is 1. The zero-order valence-electron chi connectivity index (χ0n) is 16.8. The molecule has 0 radical (unpaired) electrons. The number of benzene rings is 2. The summed E-state index contributed by atoms with van der Waals surface area (Å²) >= 11 is 13.5. The van der Waals surface area contributed by atoms with E-state index in [9.17, 15) is 15.2 Å². The largest absolute Gasteiger partial charge is 0.493 e. The minimum absolute atomic E-state index is 0.0321. The molecule has 0 atom stereocenters. The fraction of sp³-hybridized carbons (Fsp3) is 0.0952. The molecule has 11 heteroatoms. The number of anilines is 2. The van der Waals surface area contributed by atoms with Crippen molar-refractivity contribution in [2.24, 2.45) is 0 Å². The molecule has 0 aliphatic heterocycles. The minimum atomic E-state index is -0.548. The van der Waals surface area contributed by atoms with Crippen LogP contribution in [0.4, 0.5) is 17.3 Å². The molecule has 0 unspecified atom stereocenters. The molecule has 2 aromatic carbocycles. The van der Waals surface area contributed by atoms with Crippen molar-refractivity contribution in [2.75, 3.05) is 5.32 Å². The Bertz CT molecular complexity index is 1400. The first-order chi connectivity index (χ1) is 15.2. The van der Waals surface area contributed by atoms with Crippen LogP contribution in [0.25, 0.3) is 23.1 Å². The second-order valence-electron chi connectivity index (χ2n) is 6.87. The molecule has 0 spiro atoms. The van der Waals surface area contributed by atoms with Gasteiger partial charge in [0.1, 0.15) is 5.39 Å². The molecule has 0 saturated carbocycles. The average Bonchev–Trinajstić information content (AvgIpc) is 3.14. The summed E-state index contributed by atoms with van der Waals surface area (Å²) in [5, 5.41) is 26.0. The second kappa shape index (κ2) is 8.70. The van der Waals surface area contributed by atoms with Gasteiger partial charge in [-0.15, -0.1) is 11.3 Å². The van der Waals surface area contributed by atoms with E-state index in [4.69, 9.17) is 23.2 Å². The van der Waals surface area contributed by atoms with Gasteiger partial charge in [-0.2, -0.15) is 4.98 Å². The summed E-state index contributed by atoms with van der Waals surface area (Å²) in [6.07, 6.45) is 3.65. The maximum atomic E-state index is 11.7. The number of aromatic hydroxyl groups is 1. The van der Waals surface area contributed by atoms with Crippen molar-refractivity contribution in [1.29, 1.82) is 0 Å². The number of nitrogens with one attached hydrogen (secondary N) is 1. The Labute approximate surface area is 196 Å². The summed E-state index contributed by atoms with van der Waals surface area (Å²) in [4.78, 5) is 24.8. The maximum absolute atomic E-state index is 11.7. The number of aromatic nitrogens is 3. The van der Waals surface area contributed by atoms with Crippen LogP contribution in [0.15, 0.2) is 29.8 Å². The number of halogens is 2. The number of rotatable bonds is 5. The molecule has 2 N–H and O–H groups in total. The summed E-state index contributed by atoms with van der Waals surface area (Å²) in [5.41, 5.74) is 4.10. The standard InChI is InChI=1S/C21H15Cl2N5O3S/c1-10-7-12(3-6-16-11(2)24-9-32-16)18-17(19(10)28(30)31)20(29)27-21(26-18)25-13-4-5-14(22)15(23)8-13/h3-9H,1-2H3,(H2,25,26,27,29)/b6-3+. The van der Waals surface area contributed by atoms with E-state index in [0.29, 0.717) is 26.9 Å². The molecule has 8 nitrogen and oxygen atoms in total. The Morgan fingerprint density at radius 1 is 1.16 bits per heavy atom. The second-order valence-corrected chi connectivity index (χ2v) is 8.57. The van der Waals surface area contributed by atoms with Gasteiger partial charge in [-0.05, 0) is 44.2 Å². The third-order valence-corrected chi connectivity index (χ3v) is 6.34. The number of thiazole rings is 1. The average molecular weight is 488 g/mol. The van der Waals surface area contributed by atoms with E-state index in [-0.39, 0.29) is 22.5 Å². The van der Waals surface area contributed by atoms with Gasteiger partial charge in [0, 0.05) is 21.7 Å². The fourth-order valence-electron chi connectivity index (χ4n) is 3.20. The molecule has 2 aromatic heterocycles. The Kier molecular flexibility index (Phi) is 5.96. The first-order valence-electron chi connectivity index (χ1n) is 9.23. The first kappa shape index (κ1) is 21.9. The van der Waals surface area contributed by atoms with Crippen LogP contribution in [0, 0.1) is 24.0 Å². The third kappa shape index (κ3) is 4.22. The van der Waals surface area contributed by atoms with Crippen LogP contribution in [0.2, 0.25) is 10.0 Å². The topological polar surface area (TPSA) is 114 Å². The lowest BCUT2D eigenvalue weighted by Crippen LogP contribution is -2.02. The lowest BCUT2D eigenvalue weighted by atomic mass is 10.0. The van der Waals surface area contributed by atoms with Crippen molar-refractivity contribution in [3.63, 3.8) is 0 Å². The highest BCUT2D eigenvalue weighted by atomic mass is 35.5. The number of hydrogen-bond acceptors (Lipinski definition) is 8. The lowest BCUT2D eigenvalue weighted by molar-refractivity contribution is -0.383. The molecule has 0 bridgehead atoms. The van der Waals surface area contributed by atoms with Crippen molar-refractivity contribution in [2.45, 2.75) is 13.8 Å². The van der Waals surface area contributed by atoms with Gasteiger partial charge in [0.25, 0.3) is 5.69 Å². The summed E-state index contributed by atoms with van der Waals surface area (Å²) < 4.78 is 0. The van der Waals surface area contributed by atoms with Crippen LogP contribution < -0.4 is 5.32 Å². The fourth-order valence-corrected chi connectivity index (χ4v) is 4.19. The molecule has 0 aliphatic carbocycles. The van der Waals surface area contributed by atoms with E-state index in [1.807, 2.05) is 13.0 Å². The van der Waals surface area contributed by atoms with E-state index in [2.05, 4.69) is 20.3 Å². The molecule has 162 valence electrons. The molecule has 0 aliphatic rings. The number of hydrogen-bond donors (Lipinski definition) is 2. The van der Waals surface area contributed by atoms with Crippen LogP contribution >= 0.6 is 34.5 Å². The number of nitro groups is 1. The van der Waals surface area contributed by atoms with Crippen LogP contribution in [0.5, 0.6) is 5.88 Å². The number of nitrogens with zero attached hydrogens (tertiary/aromatic N) is 4. The highest BCUT2D eigenvalue weighted by Gasteiger charge is 2.24. The van der Waals surface area contributed by atoms with Gasteiger partial charge in [-0.3, -0.25) is 10.1 Å². The summed E-state index contributed by atoms with van der Waals surface area (Å²) in [6.45, 7) is 3.50. The zero-order valence-corrected chi connectivity index (χ0v) is 19.1. The Morgan fingerprint density at radius 3 is 2.59 bits per heavy atom. The van der Waals surface area contributed by atoms with Gasteiger partial charge in [0.15, 0.2) is 0 Å². The Hall–Kier alpha value is -3.27. The van der Waals surface area contributed by atoms with Gasteiger partial charge in [0.2, 0.25) is 11.8 Å². The highest BCUT2D eigenvalue weighted by molar-refractivity contribution is 7.10. The van der Waals surface area contributed by atoms with Crippen LogP contribution in [-0.4, -0.2) is 25.0 Å². The van der Waals surface area contributed by atoms with Crippen molar-refractivity contribution in [3.8, 4) is 5.88 Å². The van der Waals surface area contributed by atoms with E-state index < -0.39 is 10.8 Å². The van der Waals surface area contributed by atoms with Crippen molar-refractivity contribution >= 4 is 74.9 Å². The number of aryl methyl sites for hydroxylation is 2. The van der Waals surface area contributed by atoms with Crippen LogP contribution in [-0.2, 0) is 0 Å². The zero-order chi connectivity index (χ0) is 23.0. The normalized spacial score (nSPS) is 11.4. The van der Waals surface area contributed by atoms with E-state index in [1.165, 1.54) is 11.3 Å². The molecular formula is C21H15Cl2N5O3S. The molecule has 4 rings (SSSR count). The molecule has 0 amide bonds. The summed E-state index contributed by atoms with van der Waals surface area (Å²) in [5.74, 6) is -0.452. The maximum Gasteiger partial charge on any atom is 0.287 e. The lowest BCUT2D eigenvalue weighted by Gasteiger charge is -2.11. The molecule has 0 fully saturated rings. The number of nitro benzene ring substituents is 1. The monoisotopic (exact) mass is 487 g/mol. The first-order valence-corrected chi connectivity index (χ1v) is 10.9. The van der Waals surface area contributed by atoms with Crippen LogP contribution in [0.1, 0.15) is 21.7 Å². The minimum Gasteiger partial charge on any atom is -0.493 e. The Morgan fingerprint density at radius 2 is 1.94 bits per heavy atom. The SMILES string of the molecule is Cc1cc(/C=C/c2scnc2C)c2nc(Nc3ccc(Cl)c(Cl)c3)nc(O)c2c1[N+](=O)[O-]. The summed E-state index contributed by atoms with van der Waals surface area (Å²) in [7, 11) is 0. The van der Waals surface area contributed by atoms with Gasteiger partial charge >= 0.3 is 0 Å². The van der Waals surface area contributed by atoms with Crippen molar-refractivity contribution in [1.82, 2.24) is 15.0 Å². The summed E-state index contributed by atoms with van der Waals surface area (Å²) in [6, 6.07) is 6.51. The predicted molar refractivity (Wildman–Crippen MR) is 128 cm³/mol. The molecule has 32 heavy (non-hydrogen) atoms. The van der Waals surface area contributed by atoms with Crippen molar-refractivity contribution in [3.05, 3.63) is 71.6 Å².